The molecule has 2 amide bonds. The highest BCUT2D eigenvalue weighted by Crippen LogP contribution is 2.14. The van der Waals surface area contributed by atoms with Gasteiger partial charge in [0, 0.05) is 18.5 Å². The Morgan fingerprint density at radius 3 is 2.71 bits per heavy atom. The number of nitrogens with zero attached hydrogens (tertiary/aromatic N) is 3. The van der Waals surface area contributed by atoms with Crippen molar-refractivity contribution in [1.82, 2.24) is 20.1 Å². The topological polar surface area (TPSA) is 85.0 Å². The molecule has 3 aromatic rings. The van der Waals surface area contributed by atoms with Crippen LogP contribution < -0.4 is 10.6 Å². The maximum atomic E-state index is 12.2. The molecule has 7 nitrogen and oxygen atoms in total. The van der Waals surface area contributed by atoms with Crippen LogP contribution in [0.2, 0.25) is 0 Å². The van der Waals surface area contributed by atoms with Gasteiger partial charge in [-0.05, 0) is 43.7 Å². The maximum Gasteiger partial charge on any atom is 0.320 e. The number of carbonyl (C=O) groups is 1. The Morgan fingerprint density at radius 1 is 1.21 bits per heavy atom. The van der Waals surface area contributed by atoms with E-state index in [0.717, 1.165) is 17.1 Å². The fourth-order valence-electron chi connectivity index (χ4n) is 2.37. The summed E-state index contributed by atoms with van der Waals surface area (Å²) in [5.41, 5.74) is 0.986. The quantitative estimate of drug-likeness (QED) is 0.755. The summed E-state index contributed by atoms with van der Waals surface area (Å²) in [5, 5.41) is 9.92. The van der Waals surface area contributed by atoms with Gasteiger partial charge in [0.15, 0.2) is 0 Å². The molecule has 1 atom stereocenters. The number of hydrogen-bond donors (Lipinski definition) is 2. The molecule has 0 aliphatic heterocycles. The van der Waals surface area contributed by atoms with Crippen LogP contribution in [-0.4, -0.2) is 20.8 Å². The molecule has 0 bridgehead atoms. The van der Waals surface area contributed by atoms with E-state index in [2.05, 4.69) is 20.7 Å². The van der Waals surface area contributed by atoms with E-state index in [1.807, 2.05) is 38.1 Å². The van der Waals surface area contributed by atoms with E-state index in [1.54, 1.807) is 29.3 Å². The van der Waals surface area contributed by atoms with Crippen molar-refractivity contribution in [2.24, 2.45) is 0 Å². The van der Waals surface area contributed by atoms with Crippen molar-refractivity contribution in [2.75, 3.05) is 5.32 Å². The number of amides is 2. The molecule has 0 aliphatic rings. The van der Waals surface area contributed by atoms with Gasteiger partial charge in [-0.1, -0.05) is 0 Å². The molecule has 0 saturated heterocycles. The third-order valence-corrected chi connectivity index (χ3v) is 3.61. The van der Waals surface area contributed by atoms with E-state index in [-0.39, 0.29) is 12.1 Å². The van der Waals surface area contributed by atoms with Gasteiger partial charge in [0.2, 0.25) is 0 Å². The van der Waals surface area contributed by atoms with E-state index in [0.29, 0.717) is 12.4 Å². The Bertz CT molecular complexity index is 809. The molecule has 3 heterocycles. The Kier molecular flexibility index (Phi) is 4.60. The number of carbonyl (C=O) groups excluding carboxylic acids is 1. The standard InChI is InChI=1S/C17H19N5O2/c1-12-3-4-15(24-12)11-22-16(7-10-19-22)21-17(23)20-13(2)14-5-8-18-9-6-14/h3-10,13H,11H2,1-2H3,(H2,20,21,23). The van der Waals surface area contributed by atoms with Gasteiger partial charge < -0.3 is 9.73 Å². The largest absolute Gasteiger partial charge is 0.464 e. The predicted molar refractivity (Wildman–Crippen MR) is 89.6 cm³/mol. The summed E-state index contributed by atoms with van der Waals surface area (Å²) in [6, 6.07) is 8.85. The Balaban J connectivity index is 1.62. The molecule has 0 aliphatic carbocycles. The lowest BCUT2D eigenvalue weighted by atomic mass is 10.1. The van der Waals surface area contributed by atoms with Crippen molar-refractivity contribution < 1.29 is 9.21 Å². The van der Waals surface area contributed by atoms with E-state index in [4.69, 9.17) is 4.42 Å². The summed E-state index contributed by atoms with van der Waals surface area (Å²) in [6.07, 6.45) is 5.04. The molecule has 0 saturated carbocycles. The second-order valence-corrected chi connectivity index (χ2v) is 5.49. The van der Waals surface area contributed by atoms with Gasteiger partial charge in [-0.2, -0.15) is 5.10 Å². The summed E-state index contributed by atoms with van der Waals surface area (Å²) in [7, 11) is 0. The molecule has 0 fully saturated rings. The number of aromatic nitrogens is 3. The molecule has 0 aromatic carbocycles. The van der Waals surface area contributed by atoms with Gasteiger partial charge in [-0.25, -0.2) is 9.48 Å². The highest BCUT2D eigenvalue weighted by atomic mass is 16.3. The molecule has 3 rings (SSSR count). The van der Waals surface area contributed by atoms with Crippen LogP contribution in [0.25, 0.3) is 0 Å². The minimum atomic E-state index is -0.295. The average Bonchev–Trinajstić information content (AvgIpc) is 3.18. The van der Waals surface area contributed by atoms with Gasteiger partial charge in [0.05, 0.1) is 12.2 Å². The summed E-state index contributed by atoms with van der Waals surface area (Å²) in [4.78, 5) is 16.2. The number of rotatable bonds is 5. The number of hydrogen-bond acceptors (Lipinski definition) is 4. The van der Waals surface area contributed by atoms with Crippen molar-refractivity contribution in [3.63, 3.8) is 0 Å². The third-order valence-electron chi connectivity index (χ3n) is 3.61. The van der Waals surface area contributed by atoms with Crippen molar-refractivity contribution in [2.45, 2.75) is 26.4 Å². The Hall–Kier alpha value is -3.09. The molecular weight excluding hydrogens is 306 g/mol. The predicted octanol–water partition coefficient (Wildman–Crippen LogP) is 3.11. The number of pyridine rings is 1. The summed E-state index contributed by atoms with van der Waals surface area (Å²) in [6.45, 7) is 4.26. The lowest BCUT2D eigenvalue weighted by Gasteiger charge is -2.15. The summed E-state index contributed by atoms with van der Waals surface area (Å²) in [5.74, 6) is 2.23. The van der Waals surface area contributed by atoms with Crippen molar-refractivity contribution in [1.29, 1.82) is 0 Å². The highest BCUT2D eigenvalue weighted by molar-refractivity contribution is 5.88. The monoisotopic (exact) mass is 325 g/mol. The number of urea groups is 1. The molecule has 0 radical (unpaired) electrons. The van der Waals surface area contributed by atoms with Crippen LogP contribution in [0, 0.1) is 6.92 Å². The maximum absolute atomic E-state index is 12.2. The molecule has 24 heavy (non-hydrogen) atoms. The first kappa shape index (κ1) is 15.8. The Labute approximate surface area is 139 Å². The summed E-state index contributed by atoms with van der Waals surface area (Å²) >= 11 is 0. The van der Waals surface area contributed by atoms with E-state index in [9.17, 15) is 4.79 Å². The number of nitrogens with one attached hydrogen (secondary N) is 2. The van der Waals surface area contributed by atoms with Gasteiger partial charge in [0.25, 0.3) is 0 Å². The fourth-order valence-corrected chi connectivity index (χ4v) is 2.37. The number of aryl methyl sites for hydroxylation is 1. The fraction of sp³-hybridized carbons (Fsp3) is 0.235. The van der Waals surface area contributed by atoms with E-state index < -0.39 is 0 Å². The average molecular weight is 325 g/mol. The van der Waals surface area contributed by atoms with Crippen LogP contribution in [-0.2, 0) is 6.54 Å². The molecule has 3 aromatic heterocycles. The molecule has 124 valence electrons. The summed E-state index contributed by atoms with van der Waals surface area (Å²) < 4.78 is 7.22. The van der Waals surface area contributed by atoms with Gasteiger partial charge in [0.1, 0.15) is 23.9 Å². The van der Waals surface area contributed by atoms with E-state index >= 15 is 0 Å². The molecular formula is C17H19N5O2. The van der Waals surface area contributed by atoms with Crippen LogP contribution in [0.1, 0.15) is 30.0 Å². The third kappa shape index (κ3) is 3.81. The zero-order chi connectivity index (χ0) is 16.9. The second kappa shape index (κ2) is 6.99. The lowest BCUT2D eigenvalue weighted by Crippen LogP contribution is -2.32. The first-order valence-electron chi connectivity index (χ1n) is 7.66. The SMILES string of the molecule is Cc1ccc(Cn2nccc2NC(=O)NC(C)c2ccncc2)o1. The molecule has 2 N–H and O–H groups in total. The zero-order valence-electron chi connectivity index (χ0n) is 13.6. The van der Waals surface area contributed by atoms with Gasteiger partial charge >= 0.3 is 6.03 Å². The van der Waals surface area contributed by atoms with Crippen LogP contribution >= 0.6 is 0 Å². The first-order valence-corrected chi connectivity index (χ1v) is 7.66. The zero-order valence-corrected chi connectivity index (χ0v) is 13.6. The van der Waals surface area contributed by atoms with Crippen molar-refractivity contribution in [3.05, 3.63) is 66.0 Å². The second-order valence-electron chi connectivity index (χ2n) is 5.49. The van der Waals surface area contributed by atoms with Crippen LogP contribution in [0.3, 0.4) is 0 Å². The van der Waals surface area contributed by atoms with Gasteiger partial charge in [-0.3, -0.25) is 10.3 Å². The molecule has 0 spiro atoms. The van der Waals surface area contributed by atoms with E-state index in [1.165, 1.54) is 0 Å². The molecule has 7 heteroatoms. The first-order chi connectivity index (χ1) is 11.6. The minimum Gasteiger partial charge on any atom is -0.464 e. The number of anilines is 1. The van der Waals surface area contributed by atoms with Crippen LogP contribution in [0.4, 0.5) is 10.6 Å². The lowest BCUT2D eigenvalue weighted by molar-refractivity contribution is 0.249. The highest BCUT2D eigenvalue weighted by Gasteiger charge is 2.12. The Morgan fingerprint density at radius 2 is 2.00 bits per heavy atom. The van der Waals surface area contributed by atoms with Crippen LogP contribution in [0.15, 0.2) is 53.3 Å². The van der Waals surface area contributed by atoms with Crippen LogP contribution in [0.5, 0.6) is 0 Å². The minimum absolute atomic E-state index is 0.128. The van der Waals surface area contributed by atoms with Gasteiger partial charge in [-0.15, -0.1) is 0 Å². The normalized spacial score (nSPS) is 11.9. The molecule has 1 unspecified atom stereocenters. The number of furan rings is 1. The van der Waals surface area contributed by atoms with Crippen molar-refractivity contribution in [3.8, 4) is 0 Å². The smallest absolute Gasteiger partial charge is 0.320 e. The van der Waals surface area contributed by atoms with Crippen molar-refractivity contribution >= 4 is 11.8 Å².